The molecule has 0 aliphatic heterocycles. The summed E-state index contributed by atoms with van der Waals surface area (Å²) in [5.74, 6) is -0.00927. The first kappa shape index (κ1) is 17.4. The standard InChI is InChI=1S/C23H20N2OS/c1-17-11-13-19(14-12-17)22(26)25(16-15-18-7-3-2-4-8-18)23-24-20-9-5-6-10-21(20)27-23/h2-14H,15-16H2,1H3. The van der Waals surface area contributed by atoms with E-state index in [-0.39, 0.29) is 5.91 Å². The molecule has 1 heterocycles. The highest BCUT2D eigenvalue weighted by molar-refractivity contribution is 7.22. The van der Waals surface area contributed by atoms with Crippen LogP contribution in [0.2, 0.25) is 0 Å². The molecule has 0 radical (unpaired) electrons. The van der Waals surface area contributed by atoms with Gasteiger partial charge in [0, 0.05) is 12.1 Å². The molecule has 0 saturated heterocycles. The maximum Gasteiger partial charge on any atom is 0.260 e. The third-order valence-electron chi connectivity index (χ3n) is 4.52. The van der Waals surface area contributed by atoms with Crippen LogP contribution in [0.25, 0.3) is 10.2 Å². The van der Waals surface area contributed by atoms with Crippen LogP contribution in [0.1, 0.15) is 21.5 Å². The van der Waals surface area contributed by atoms with Crippen LogP contribution in [-0.4, -0.2) is 17.4 Å². The normalized spacial score (nSPS) is 10.9. The van der Waals surface area contributed by atoms with Gasteiger partial charge in [-0.25, -0.2) is 4.98 Å². The van der Waals surface area contributed by atoms with Gasteiger partial charge in [0.2, 0.25) is 0 Å². The smallest absolute Gasteiger partial charge is 0.260 e. The molecule has 1 aromatic heterocycles. The van der Waals surface area contributed by atoms with Gasteiger partial charge >= 0.3 is 0 Å². The molecule has 0 N–H and O–H groups in total. The van der Waals surface area contributed by atoms with Gasteiger partial charge in [0.25, 0.3) is 5.91 Å². The van der Waals surface area contributed by atoms with Crippen LogP contribution in [0.4, 0.5) is 5.13 Å². The molecule has 4 heteroatoms. The zero-order chi connectivity index (χ0) is 18.6. The van der Waals surface area contributed by atoms with Crippen molar-refractivity contribution in [2.45, 2.75) is 13.3 Å². The fraction of sp³-hybridized carbons (Fsp3) is 0.130. The zero-order valence-electron chi connectivity index (χ0n) is 15.1. The summed E-state index contributed by atoms with van der Waals surface area (Å²) in [6.07, 6.45) is 0.786. The van der Waals surface area contributed by atoms with Crippen LogP contribution in [0, 0.1) is 6.92 Å². The minimum Gasteiger partial charge on any atom is -0.284 e. The summed E-state index contributed by atoms with van der Waals surface area (Å²) in [4.78, 5) is 19.8. The number of aryl methyl sites for hydroxylation is 1. The molecule has 27 heavy (non-hydrogen) atoms. The lowest BCUT2D eigenvalue weighted by Crippen LogP contribution is -2.32. The monoisotopic (exact) mass is 372 g/mol. The molecular formula is C23H20N2OS. The van der Waals surface area contributed by atoms with Crippen molar-refractivity contribution in [1.82, 2.24) is 4.98 Å². The molecule has 3 nitrogen and oxygen atoms in total. The van der Waals surface area contributed by atoms with Gasteiger partial charge in [0.1, 0.15) is 0 Å². The molecule has 0 atom stereocenters. The van der Waals surface area contributed by atoms with Crippen molar-refractivity contribution in [3.05, 3.63) is 95.6 Å². The van der Waals surface area contributed by atoms with Gasteiger partial charge in [0.15, 0.2) is 5.13 Å². The van der Waals surface area contributed by atoms with Crippen molar-refractivity contribution in [3.8, 4) is 0 Å². The van der Waals surface area contributed by atoms with Crippen molar-refractivity contribution in [2.75, 3.05) is 11.4 Å². The van der Waals surface area contributed by atoms with Gasteiger partial charge in [-0.05, 0) is 43.2 Å². The maximum absolute atomic E-state index is 13.2. The van der Waals surface area contributed by atoms with E-state index in [0.29, 0.717) is 12.1 Å². The molecule has 0 bridgehead atoms. The largest absolute Gasteiger partial charge is 0.284 e. The summed E-state index contributed by atoms with van der Waals surface area (Å²) in [6, 6.07) is 26.0. The van der Waals surface area contributed by atoms with Crippen molar-refractivity contribution >= 4 is 32.6 Å². The van der Waals surface area contributed by atoms with Crippen LogP contribution in [-0.2, 0) is 6.42 Å². The second-order valence-corrected chi connectivity index (χ2v) is 7.53. The molecule has 0 unspecified atom stereocenters. The predicted octanol–water partition coefficient (Wildman–Crippen LogP) is 5.49. The van der Waals surface area contributed by atoms with E-state index >= 15 is 0 Å². The third kappa shape index (κ3) is 3.91. The number of thiazole rings is 1. The highest BCUT2D eigenvalue weighted by Gasteiger charge is 2.21. The van der Waals surface area contributed by atoms with Crippen LogP contribution in [0.3, 0.4) is 0 Å². The second-order valence-electron chi connectivity index (χ2n) is 6.52. The van der Waals surface area contributed by atoms with Crippen LogP contribution < -0.4 is 4.90 Å². The van der Waals surface area contributed by atoms with E-state index in [1.165, 1.54) is 5.56 Å². The Kier molecular flexibility index (Phi) is 4.99. The number of nitrogens with zero attached hydrogens (tertiary/aromatic N) is 2. The van der Waals surface area contributed by atoms with Gasteiger partial charge in [-0.3, -0.25) is 9.69 Å². The molecule has 1 amide bonds. The molecule has 0 aliphatic carbocycles. The molecule has 134 valence electrons. The van der Waals surface area contributed by atoms with E-state index in [4.69, 9.17) is 4.98 Å². The Balaban J connectivity index is 1.67. The van der Waals surface area contributed by atoms with Crippen molar-refractivity contribution < 1.29 is 4.79 Å². The van der Waals surface area contributed by atoms with Crippen LogP contribution in [0.5, 0.6) is 0 Å². The minimum absolute atomic E-state index is 0.00927. The average molecular weight is 372 g/mol. The number of fused-ring (bicyclic) bond motifs is 1. The highest BCUT2D eigenvalue weighted by Crippen LogP contribution is 2.29. The van der Waals surface area contributed by atoms with Crippen molar-refractivity contribution in [1.29, 1.82) is 0 Å². The Bertz CT molecular complexity index is 1020. The number of carbonyl (C=O) groups excluding carboxylic acids is 1. The number of carbonyl (C=O) groups is 1. The van der Waals surface area contributed by atoms with Crippen molar-refractivity contribution in [3.63, 3.8) is 0 Å². The lowest BCUT2D eigenvalue weighted by Gasteiger charge is -2.20. The topological polar surface area (TPSA) is 33.2 Å². The summed E-state index contributed by atoms with van der Waals surface area (Å²) in [5.41, 5.74) is 3.97. The van der Waals surface area contributed by atoms with E-state index in [1.54, 1.807) is 11.3 Å². The van der Waals surface area contributed by atoms with Gasteiger partial charge in [0.05, 0.1) is 10.2 Å². The maximum atomic E-state index is 13.2. The first-order valence-electron chi connectivity index (χ1n) is 8.99. The fourth-order valence-electron chi connectivity index (χ4n) is 3.00. The van der Waals surface area contributed by atoms with Gasteiger partial charge in [-0.1, -0.05) is 71.5 Å². The van der Waals surface area contributed by atoms with Crippen LogP contribution in [0.15, 0.2) is 78.9 Å². The molecule has 4 rings (SSSR count). The van der Waals surface area contributed by atoms with E-state index in [0.717, 1.165) is 27.3 Å². The van der Waals surface area contributed by atoms with Gasteiger partial charge < -0.3 is 0 Å². The number of benzene rings is 3. The highest BCUT2D eigenvalue weighted by atomic mass is 32.1. The predicted molar refractivity (Wildman–Crippen MR) is 113 cm³/mol. The molecule has 0 saturated carbocycles. The molecule has 0 fully saturated rings. The molecule has 3 aromatic carbocycles. The Morgan fingerprint density at radius 1 is 0.926 bits per heavy atom. The Morgan fingerprint density at radius 3 is 2.37 bits per heavy atom. The summed E-state index contributed by atoms with van der Waals surface area (Å²) in [6.45, 7) is 2.62. The number of anilines is 1. The number of amides is 1. The van der Waals surface area contributed by atoms with Gasteiger partial charge in [-0.2, -0.15) is 0 Å². The minimum atomic E-state index is -0.00927. The number of aromatic nitrogens is 1. The van der Waals surface area contributed by atoms with Crippen LogP contribution >= 0.6 is 11.3 Å². The average Bonchev–Trinajstić information content (AvgIpc) is 3.13. The SMILES string of the molecule is Cc1ccc(C(=O)N(CCc2ccccc2)c2nc3ccccc3s2)cc1. The molecule has 0 aliphatic rings. The number of hydrogen-bond acceptors (Lipinski definition) is 3. The second kappa shape index (κ2) is 7.72. The van der Waals surface area contributed by atoms with Gasteiger partial charge in [-0.15, -0.1) is 0 Å². The lowest BCUT2D eigenvalue weighted by atomic mass is 10.1. The first-order valence-corrected chi connectivity index (χ1v) is 9.80. The quantitative estimate of drug-likeness (QED) is 0.464. The Morgan fingerprint density at radius 2 is 1.63 bits per heavy atom. The van der Waals surface area contributed by atoms with E-state index < -0.39 is 0 Å². The summed E-state index contributed by atoms with van der Waals surface area (Å²) >= 11 is 1.56. The van der Waals surface area contributed by atoms with E-state index in [1.807, 2.05) is 78.6 Å². The first-order chi connectivity index (χ1) is 13.2. The molecular weight excluding hydrogens is 352 g/mol. The Hall–Kier alpha value is -2.98. The fourth-order valence-corrected chi connectivity index (χ4v) is 3.99. The molecule has 4 aromatic rings. The van der Waals surface area contributed by atoms with E-state index in [2.05, 4.69) is 12.1 Å². The summed E-state index contributed by atoms with van der Waals surface area (Å²) < 4.78 is 1.09. The number of hydrogen-bond donors (Lipinski definition) is 0. The molecule has 0 spiro atoms. The number of rotatable bonds is 5. The summed E-state index contributed by atoms with van der Waals surface area (Å²) in [7, 11) is 0. The lowest BCUT2D eigenvalue weighted by molar-refractivity contribution is 0.0987. The third-order valence-corrected chi connectivity index (χ3v) is 5.58. The zero-order valence-corrected chi connectivity index (χ0v) is 15.9. The summed E-state index contributed by atoms with van der Waals surface area (Å²) in [5, 5.41) is 0.748. The van der Waals surface area contributed by atoms with Crippen molar-refractivity contribution in [2.24, 2.45) is 0 Å². The Labute approximate surface area is 162 Å². The van der Waals surface area contributed by atoms with E-state index in [9.17, 15) is 4.79 Å². The number of para-hydroxylation sites is 1.